The molecule has 0 amide bonds. The first-order valence-corrected chi connectivity index (χ1v) is 7.08. The molecular formula is C8H18Cl2N2O2S. The Balaban J connectivity index is 4.79. The summed E-state index contributed by atoms with van der Waals surface area (Å²) in [5, 5.41) is 0. The zero-order valence-corrected chi connectivity index (χ0v) is 11.7. The second kappa shape index (κ2) is 5.68. The van der Waals surface area contributed by atoms with Gasteiger partial charge in [0.05, 0.1) is 5.54 Å². The van der Waals surface area contributed by atoms with Crippen LogP contribution in [0.5, 0.6) is 0 Å². The quantitative estimate of drug-likeness (QED) is 0.746. The fourth-order valence-electron chi connectivity index (χ4n) is 0.751. The summed E-state index contributed by atoms with van der Waals surface area (Å²) in [5.41, 5.74) is -0.814. The van der Waals surface area contributed by atoms with Gasteiger partial charge in [0.15, 0.2) is 0 Å². The standard InChI is InChI=1S/C8H18Cl2N2O2S/c1-7(2)12(4)15(13,14)11-8(3,5-9)6-10/h7,11H,5-6H2,1-4H3. The Bertz CT molecular complexity index is 289. The fourth-order valence-corrected chi connectivity index (χ4v) is 2.80. The maximum Gasteiger partial charge on any atom is 0.280 e. The smallest absolute Gasteiger partial charge is 0.195 e. The monoisotopic (exact) mass is 276 g/mol. The molecular weight excluding hydrogens is 259 g/mol. The van der Waals surface area contributed by atoms with Crippen molar-refractivity contribution in [2.45, 2.75) is 32.4 Å². The van der Waals surface area contributed by atoms with Gasteiger partial charge in [0.1, 0.15) is 0 Å². The van der Waals surface area contributed by atoms with E-state index in [9.17, 15) is 8.42 Å². The fraction of sp³-hybridized carbons (Fsp3) is 1.00. The molecule has 0 aromatic heterocycles. The van der Waals surface area contributed by atoms with Crippen molar-refractivity contribution in [3.8, 4) is 0 Å². The van der Waals surface area contributed by atoms with Crippen molar-refractivity contribution in [1.29, 1.82) is 0 Å². The summed E-state index contributed by atoms with van der Waals surface area (Å²) in [6, 6.07) is -0.114. The summed E-state index contributed by atoms with van der Waals surface area (Å²) < 4.78 is 27.3. The van der Waals surface area contributed by atoms with Crippen LogP contribution in [0, 0.1) is 0 Å². The van der Waals surface area contributed by atoms with Crippen molar-refractivity contribution >= 4 is 33.4 Å². The van der Waals surface area contributed by atoms with Crippen molar-refractivity contribution in [2.24, 2.45) is 0 Å². The Morgan fingerprint density at radius 1 is 1.33 bits per heavy atom. The molecule has 0 spiro atoms. The van der Waals surface area contributed by atoms with Gasteiger partial charge in [0.25, 0.3) is 10.2 Å². The number of nitrogens with zero attached hydrogens (tertiary/aromatic N) is 1. The Morgan fingerprint density at radius 3 is 2.00 bits per heavy atom. The highest BCUT2D eigenvalue weighted by molar-refractivity contribution is 7.87. The summed E-state index contributed by atoms with van der Waals surface area (Å²) in [7, 11) is -2.02. The molecule has 0 unspecified atom stereocenters. The van der Waals surface area contributed by atoms with Crippen LogP contribution in [-0.2, 0) is 10.2 Å². The molecule has 0 heterocycles. The van der Waals surface area contributed by atoms with Crippen LogP contribution in [0.3, 0.4) is 0 Å². The normalized spacial score (nSPS) is 13.9. The topological polar surface area (TPSA) is 49.4 Å². The number of hydrogen-bond donors (Lipinski definition) is 1. The molecule has 0 atom stereocenters. The molecule has 0 rings (SSSR count). The van der Waals surface area contributed by atoms with Crippen molar-refractivity contribution < 1.29 is 8.42 Å². The summed E-state index contributed by atoms with van der Waals surface area (Å²) in [4.78, 5) is 0. The maximum atomic E-state index is 11.8. The van der Waals surface area contributed by atoms with E-state index in [4.69, 9.17) is 23.2 Å². The van der Waals surface area contributed by atoms with E-state index in [1.165, 1.54) is 11.4 Å². The lowest BCUT2D eigenvalue weighted by Gasteiger charge is -2.30. The second-order valence-corrected chi connectivity index (χ2v) is 6.31. The number of hydrogen-bond acceptors (Lipinski definition) is 2. The van der Waals surface area contributed by atoms with Crippen LogP contribution in [0.2, 0.25) is 0 Å². The van der Waals surface area contributed by atoms with Crippen molar-refractivity contribution in [2.75, 3.05) is 18.8 Å². The van der Waals surface area contributed by atoms with E-state index < -0.39 is 15.7 Å². The predicted octanol–water partition coefficient (Wildman–Crippen LogP) is 1.40. The largest absolute Gasteiger partial charge is 0.280 e. The summed E-state index contributed by atoms with van der Waals surface area (Å²) >= 11 is 11.3. The molecule has 0 aliphatic rings. The van der Waals surface area contributed by atoms with E-state index in [0.29, 0.717) is 0 Å². The molecule has 0 aromatic rings. The molecule has 0 saturated carbocycles. The second-order valence-electron chi connectivity index (χ2n) is 4.04. The van der Waals surface area contributed by atoms with Crippen molar-refractivity contribution in [3.63, 3.8) is 0 Å². The number of alkyl halides is 2. The molecule has 0 radical (unpaired) electrons. The molecule has 0 aliphatic heterocycles. The average molecular weight is 277 g/mol. The summed E-state index contributed by atoms with van der Waals surface area (Å²) in [6.07, 6.45) is 0. The van der Waals surface area contributed by atoms with E-state index in [2.05, 4.69) is 4.72 Å². The van der Waals surface area contributed by atoms with Gasteiger partial charge in [-0.3, -0.25) is 0 Å². The molecule has 1 N–H and O–H groups in total. The van der Waals surface area contributed by atoms with E-state index in [0.717, 1.165) is 0 Å². The van der Waals surface area contributed by atoms with E-state index in [-0.39, 0.29) is 17.8 Å². The van der Waals surface area contributed by atoms with Crippen molar-refractivity contribution in [3.05, 3.63) is 0 Å². The number of rotatable bonds is 6. The molecule has 7 heteroatoms. The Kier molecular flexibility index (Phi) is 5.85. The van der Waals surface area contributed by atoms with Gasteiger partial charge in [-0.1, -0.05) is 0 Å². The van der Waals surface area contributed by atoms with Gasteiger partial charge in [-0.05, 0) is 20.8 Å². The Labute approximate surface area is 102 Å². The molecule has 92 valence electrons. The molecule has 15 heavy (non-hydrogen) atoms. The first-order chi connectivity index (χ1) is 6.68. The molecule has 0 bridgehead atoms. The Hall–Kier alpha value is 0.450. The maximum absolute atomic E-state index is 11.8. The lowest BCUT2D eigenvalue weighted by molar-refractivity contribution is 0.385. The lowest BCUT2D eigenvalue weighted by atomic mass is 10.1. The minimum Gasteiger partial charge on any atom is -0.195 e. The van der Waals surface area contributed by atoms with Gasteiger partial charge in [-0.25, -0.2) is 0 Å². The van der Waals surface area contributed by atoms with Crippen LogP contribution in [0.4, 0.5) is 0 Å². The zero-order valence-electron chi connectivity index (χ0n) is 9.42. The van der Waals surface area contributed by atoms with E-state index >= 15 is 0 Å². The zero-order chi connectivity index (χ0) is 12.3. The third-order valence-corrected chi connectivity index (χ3v) is 5.18. The number of halogens is 2. The third kappa shape index (κ3) is 4.44. The molecule has 0 saturated heterocycles. The van der Waals surface area contributed by atoms with Gasteiger partial charge in [-0.15, -0.1) is 23.2 Å². The highest BCUT2D eigenvalue weighted by Crippen LogP contribution is 2.13. The molecule has 0 aliphatic carbocycles. The van der Waals surface area contributed by atoms with Crippen LogP contribution in [0.15, 0.2) is 0 Å². The van der Waals surface area contributed by atoms with Crippen molar-refractivity contribution in [1.82, 2.24) is 9.03 Å². The highest BCUT2D eigenvalue weighted by Gasteiger charge is 2.31. The molecule has 0 fully saturated rings. The highest BCUT2D eigenvalue weighted by atomic mass is 35.5. The average Bonchev–Trinajstić information content (AvgIpc) is 2.15. The minimum absolute atomic E-state index is 0.114. The molecule has 4 nitrogen and oxygen atoms in total. The van der Waals surface area contributed by atoms with Gasteiger partial charge in [-0.2, -0.15) is 17.4 Å². The minimum atomic E-state index is -3.53. The number of nitrogens with one attached hydrogen (secondary N) is 1. The third-order valence-electron chi connectivity index (χ3n) is 2.07. The lowest BCUT2D eigenvalue weighted by Crippen LogP contribution is -2.54. The van der Waals surface area contributed by atoms with Gasteiger partial charge in [0.2, 0.25) is 0 Å². The van der Waals surface area contributed by atoms with E-state index in [1.54, 1.807) is 20.8 Å². The first kappa shape index (κ1) is 15.4. The van der Waals surface area contributed by atoms with E-state index in [1.807, 2.05) is 0 Å². The predicted molar refractivity (Wildman–Crippen MR) is 64.8 cm³/mol. The van der Waals surface area contributed by atoms with Crippen LogP contribution in [0.25, 0.3) is 0 Å². The van der Waals surface area contributed by atoms with Gasteiger partial charge >= 0.3 is 0 Å². The SMILES string of the molecule is CC(C)N(C)S(=O)(=O)NC(C)(CCl)CCl. The van der Waals surface area contributed by atoms with Crippen LogP contribution < -0.4 is 4.72 Å². The van der Waals surface area contributed by atoms with Crippen LogP contribution in [-0.4, -0.2) is 43.1 Å². The van der Waals surface area contributed by atoms with Crippen LogP contribution >= 0.6 is 23.2 Å². The summed E-state index contributed by atoms with van der Waals surface area (Å²) in [5.74, 6) is 0.253. The van der Waals surface area contributed by atoms with Gasteiger partial charge < -0.3 is 0 Å². The van der Waals surface area contributed by atoms with Gasteiger partial charge in [0, 0.05) is 24.8 Å². The first-order valence-electron chi connectivity index (χ1n) is 4.57. The van der Waals surface area contributed by atoms with Crippen LogP contribution in [0.1, 0.15) is 20.8 Å². The Morgan fingerprint density at radius 2 is 1.73 bits per heavy atom. The molecule has 0 aromatic carbocycles. The summed E-state index contributed by atoms with van der Waals surface area (Å²) in [6.45, 7) is 5.24.